The van der Waals surface area contributed by atoms with Crippen molar-refractivity contribution in [3.05, 3.63) is 58.4 Å². The third kappa shape index (κ3) is 3.71. The first-order valence-corrected chi connectivity index (χ1v) is 7.66. The van der Waals surface area contributed by atoms with Crippen LogP contribution >= 0.6 is 0 Å². The minimum absolute atomic E-state index is 0.0374. The van der Waals surface area contributed by atoms with Gasteiger partial charge in [0.1, 0.15) is 11.4 Å². The van der Waals surface area contributed by atoms with Crippen LogP contribution in [0.2, 0.25) is 0 Å². The first-order valence-electron chi connectivity index (χ1n) is 7.66. The number of ketones is 1. The number of benzene rings is 1. The Morgan fingerprint density at radius 3 is 2.12 bits per heavy atom. The van der Waals surface area contributed by atoms with Crippen LogP contribution < -0.4 is 0 Å². The number of aromatic nitrogens is 1. The molecule has 1 heterocycles. The Labute approximate surface area is 139 Å². The number of rotatable bonds is 6. The van der Waals surface area contributed by atoms with Crippen LogP contribution in [-0.4, -0.2) is 35.9 Å². The molecular formula is C18H19NO5. The largest absolute Gasteiger partial charge is 0.461 e. The van der Waals surface area contributed by atoms with Crippen molar-refractivity contribution < 1.29 is 23.9 Å². The molecule has 2 aromatic rings. The van der Waals surface area contributed by atoms with Crippen LogP contribution in [0.5, 0.6) is 0 Å². The van der Waals surface area contributed by atoms with Crippen molar-refractivity contribution >= 4 is 17.7 Å². The predicted molar refractivity (Wildman–Crippen MR) is 87.3 cm³/mol. The molecule has 24 heavy (non-hydrogen) atoms. The second-order valence-electron chi connectivity index (χ2n) is 5.11. The molecule has 0 bridgehead atoms. The summed E-state index contributed by atoms with van der Waals surface area (Å²) in [6.45, 7) is 5.59. The van der Waals surface area contributed by atoms with Crippen LogP contribution in [0, 0.1) is 6.92 Å². The summed E-state index contributed by atoms with van der Waals surface area (Å²) in [7, 11) is 0. The molecule has 0 radical (unpaired) electrons. The number of nitrogens with one attached hydrogen (secondary N) is 1. The van der Waals surface area contributed by atoms with Gasteiger partial charge in [0.15, 0.2) is 5.78 Å². The van der Waals surface area contributed by atoms with E-state index in [1.807, 2.05) is 6.92 Å². The van der Waals surface area contributed by atoms with Gasteiger partial charge in [0.25, 0.3) is 0 Å². The molecule has 0 aliphatic carbocycles. The molecule has 0 saturated heterocycles. The zero-order valence-corrected chi connectivity index (χ0v) is 13.8. The van der Waals surface area contributed by atoms with E-state index >= 15 is 0 Å². The van der Waals surface area contributed by atoms with Crippen molar-refractivity contribution in [1.82, 2.24) is 4.98 Å². The van der Waals surface area contributed by atoms with Gasteiger partial charge in [0.2, 0.25) is 0 Å². The Balaban J connectivity index is 2.45. The van der Waals surface area contributed by atoms with E-state index in [-0.39, 0.29) is 35.9 Å². The lowest BCUT2D eigenvalue weighted by Gasteiger charge is -2.04. The van der Waals surface area contributed by atoms with Crippen molar-refractivity contribution in [2.45, 2.75) is 20.8 Å². The van der Waals surface area contributed by atoms with E-state index in [1.54, 1.807) is 38.1 Å². The molecule has 2 rings (SSSR count). The average molecular weight is 329 g/mol. The SMILES string of the molecule is CCOC(=O)c1cc(C(=O)c2ccc(C)cc2)c(C(=O)OCC)[nH]1. The zero-order valence-electron chi connectivity index (χ0n) is 13.8. The van der Waals surface area contributed by atoms with Gasteiger partial charge in [-0.15, -0.1) is 0 Å². The molecule has 1 N–H and O–H groups in total. The summed E-state index contributed by atoms with van der Waals surface area (Å²) in [5.74, 6) is -1.70. The highest BCUT2D eigenvalue weighted by molar-refractivity contribution is 6.15. The van der Waals surface area contributed by atoms with Crippen LogP contribution in [0.4, 0.5) is 0 Å². The van der Waals surface area contributed by atoms with E-state index in [9.17, 15) is 14.4 Å². The number of hydrogen-bond donors (Lipinski definition) is 1. The molecule has 0 unspecified atom stereocenters. The number of aryl methyl sites for hydroxylation is 1. The first kappa shape index (κ1) is 17.5. The Bertz CT molecular complexity index is 758. The maximum Gasteiger partial charge on any atom is 0.355 e. The lowest BCUT2D eigenvalue weighted by molar-refractivity contribution is 0.0514. The summed E-state index contributed by atoms with van der Waals surface area (Å²) in [6.07, 6.45) is 0. The summed E-state index contributed by atoms with van der Waals surface area (Å²) in [5.41, 5.74) is 1.50. The molecule has 0 aliphatic heterocycles. The van der Waals surface area contributed by atoms with Crippen LogP contribution in [0.15, 0.2) is 30.3 Å². The third-order valence-corrected chi connectivity index (χ3v) is 3.35. The van der Waals surface area contributed by atoms with Crippen molar-refractivity contribution in [3.8, 4) is 0 Å². The van der Waals surface area contributed by atoms with E-state index in [1.165, 1.54) is 6.07 Å². The second-order valence-corrected chi connectivity index (χ2v) is 5.11. The second kappa shape index (κ2) is 7.59. The number of carbonyl (C=O) groups excluding carboxylic acids is 3. The van der Waals surface area contributed by atoms with E-state index in [2.05, 4.69) is 4.98 Å². The fourth-order valence-corrected chi connectivity index (χ4v) is 2.18. The summed E-state index contributed by atoms with van der Waals surface area (Å²) < 4.78 is 9.86. The lowest BCUT2D eigenvalue weighted by Crippen LogP contribution is -2.12. The fraction of sp³-hybridized carbons (Fsp3) is 0.278. The predicted octanol–water partition coefficient (Wildman–Crippen LogP) is 2.91. The quantitative estimate of drug-likeness (QED) is 0.650. The lowest BCUT2D eigenvalue weighted by atomic mass is 10.0. The van der Waals surface area contributed by atoms with Gasteiger partial charge in [0, 0.05) is 5.56 Å². The summed E-state index contributed by atoms with van der Waals surface area (Å²) in [4.78, 5) is 39.3. The molecule has 0 amide bonds. The number of ether oxygens (including phenoxy) is 2. The summed E-state index contributed by atoms with van der Waals surface area (Å²) in [5, 5.41) is 0. The Hall–Kier alpha value is -2.89. The molecule has 1 aromatic carbocycles. The van der Waals surface area contributed by atoms with Crippen LogP contribution in [0.3, 0.4) is 0 Å². The van der Waals surface area contributed by atoms with Crippen LogP contribution in [0.25, 0.3) is 0 Å². The standard InChI is InChI=1S/C18H19NO5/c1-4-23-17(21)14-10-13(15(19-14)18(22)24-5-2)16(20)12-8-6-11(3)7-9-12/h6-10,19H,4-5H2,1-3H3. The van der Waals surface area contributed by atoms with Crippen LogP contribution in [-0.2, 0) is 9.47 Å². The van der Waals surface area contributed by atoms with Gasteiger partial charge in [-0.3, -0.25) is 4.79 Å². The first-order chi connectivity index (χ1) is 11.5. The van der Waals surface area contributed by atoms with Crippen molar-refractivity contribution in [2.24, 2.45) is 0 Å². The maximum atomic E-state index is 12.7. The van der Waals surface area contributed by atoms with Crippen LogP contribution in [0.1, 0.15) is 56.3 Å². The highest BCUT2D eigenvalue weighted by atomic mass is 16.5. The van der Waals surface area contributed by atoms with Gasteiger partial charge in [0.05, 0.1) is 18.8 Å². The molecule has 0 fully saturated rings. The molecule has 6 nitrogen and oxygen atoms in total. The average Bonchev–Trinajstić information content (AvgIpc) is 3.01. The van der Waals surface area contributed by atoms with Gasteiger partial charge < -0.3 is 14.5 Å². The topological polar surface area (TPSA) is 85.5 Å². The molecule has 0 spiro atoms. The highest BCUT2D eigenvalue weighted by Crippen LogP contribution is 2.18. The molecule has 0 atom stereocenters. The van der Waals surface area contributed by atoms with E-state index in [0.717, 1.165) is 5.56 Å². The summed E-state index contributed by atoms with van der Waals surface area (Å²) in [6, 6.07) is 8.27. The molecular weight excluding hydrogens is 310 g/mol. The summed E-state index contributed by atoms with van der Waals surface area (Å²) >= 11 is 0. The van der Waals surface area contributed by atoms with E-state index in [0.29, 0.717) is 5.56 Å². The Kier molecular flexibility index (Phi) is 5.52. The Morgan fingerprint density at radius 1 is 0.958 bits per heavy atom. The third-order valence-electron chi connectivity index (χ3n) is 3.35. The van der Waals surface area contributed by atoms with Gasteiger partial charge >= 0.3 is 11.9 Å². The Morgan fingerprint density at radius 2 is 1.54 bits per heavy atom. The maximum absolute atomic E-state index is 12.7. The van der Waals surface area contributed by atoms with Gasteiger partial charge in [-0.25, -0.2) is 9.59 Å². The molecule has 6 heteroatoms. The molecule has 1 aromatic heterocycles. The van der Waals surface area contributed by atoms with Crippen molar-refractivity contribution in [3.63, 3.8) is 0 Å². The van der Waals surface area contributed by atoms with E-state index in [4.69, 9.17) is 9.47 Å². The smallest absolute Gasteiger partial charge is 0.355 e. The van der Waals surface area contributed by atoms with Gasteiger partial charge in [-0.05, 0) is 26.8 Å². The number of H-pyrrole nitrogens is 1. The normalized spacial score (nSPS) is 10.3. The molecule has 0 aliphatic rings. The van der Waals surface area contributed by atoms with Crippen molar-refractivity contribution in [2.75, 3.05) is 13.2 Å². The molecule has 126 valence electrons. The number of aromatic amines is 1. The minimum Gasteiger partial charge on any atom is -0.461 e. The fourth-order valence-electron chi connectivity index (χ4n) is 2.18. The monoisotopic (exact) mass is 329 g/mol. The highest BCUT2D eigenvalue weighted by Gasteiger charge is 2.25. The number of carbonyl (C=O) groups is 3. The number of hydrogen-bond acceptors (Lipinski definition) is 5. The minimum atomic E-state index is -0.691. The van der Waals surface area contributed by atoms with Gasteiger partial charge in [-0.1, -0.05) is 29.8 Å². The number of esters is 2. The molecule has 0 saturated carbocycles. The van der Waals surface area contributed by atoms with E-state index < -0.39 is 11.9 Å². The van der Waals surface area contributed by atoms with Gasteiger partial charge in [-0.2, -0.15) is 0 Å². The zero-order chi connectivity index (χ0) is 17.7. The van der Waals surface area contributed by atoms with Crippen molar-refractivity contribution in [1.29, 1.82) is 0 Å².